The SMILES string of the molecule is O=C1[C@H](NCc2nnc3n2CCCC3)CCN1c1ccccc1F. The number of para-hydroxylation sites is 1. The van der Waals surface area contributed by atoms with Crippen LogP contribution in [0.15, 0.2) is 24.3 Å². The molecule has 1 atom stereocenters. The Balaban J connectivity index is 1.42. The second-order valence-electron chi connectivity index (χ2n) is 6.30. The number of nitrogens with zero attached hydrogens (tertiary/aromatic N) is 4. The largest absolute Gasteiger partial charge is 0.314 e. The quantitative estimate of drug-likeness (QED) is 0.926. The van der Waals surface area contributed by atoms with E-state index < -0.39 is 0 Å². The van der Waals surface area contributed by atoms with Crippen molar-refractivity contribution >= 4 is 11.6 Å². The van der Waals surface area contributed by atoms with E-state index in [1.54, 1.807) is 18.2 Å². The Morgan fingerprint density at radius 2 is 2.08 bits per heavy atom. The molecule has 1 amide bonds. The van der Waals surface area contributed by atoms with Crippen molar-refractivity contribution in [3.8, 4) is 0 Å². The molecular weight excluding hydrogens is 309 g/mol. The highest BCUT2D eigenvalue weighted by molar-refractivity contribution is 5.99. The summed E-state index contributed by atoms with van der Waals surface area (Å²) >= 11 is 0. The van der Waals surface area contributed by atoms with Crippen LogP contribution in [0, 0.1) is 5.82 Å². The predicted octanol–water partition coefficient (Wildman–Crippen LogP) is 1.65. The summed E-state index contributed by atoms with van der Waals surface area (Å²) in [6.07, 6.45) is 3.93. The Kier molecular flexibility index (Phi) is 4.02. The topological polar surface area (TPSA) is 63.1 Å². The summed E-state index contributed by atoms with van der Waals surface area (Å²) in [6, 6.07) is 6.09. The molecule has 2 aliphatic heterocycles. The number of nitrogens with one attached hydrogen (secondary N) is 1. The average Bonchev–Trinajstić information content (AvgIpc) is 3.17. The Labute approximate surface area is 139 Å². The summed E-state index contributed by atoms with van der Waals surface area (Å²) in [7, 11) is 0. The van der Waals surface area contributed by atoms with Gasteiger partial charge in [-0.05, 0) is 31.4 Å². The first-order valence-corrected chi connectivity index (χ1v) is 8.44. The number of aromatic nitrogens is 3. The normalized spacial score (nSPS) is 20.5. The number of hydrogen-bond acceptors (Lipinski definition) is 4. The molecule has 2 aliphatic rings. The molecule has 1 aromatic carbocycles. The van der Waals surface area contributed by atoms with E-state index in [9.17, 15) is 9.18 Å². The van der Waals surface area contributed by atoms with E-state index in [1.165, 1.54) is 11.0 Å². The maximum Gasteiger partial charge on any atom is 0.244 e. The molecule has 7 heteroatoms. The first kappa shape index (κ1) is 15.3. The van der Waals surface area contributed by atoms with Gasteiger partial charge < -0.3 is 9.47 Å². The van der Waals surface area contributed by atoms with Crippen LogP contribution in [0.5, 0.6) is 0 Å². The second kappa shape index (κ2) is 6.32. The summed E-state index contributed by atoms with van der Waals surface area (Å²) in [5.74, 6) is 1.46. The molecule has 0 unspecified atom stereocenters. The second-order valence-corrected chi connectivity index (χ2v) is 6.30. The van der Waals surface area contributed by atoms with Gasteiger partial charge in [0, 0.05) is 19.5 Å². The van der Waals surface area contributed by atoms with Gasteiger partial charge in [-0.2, -0.15) is 0 Å². The minimum Gasteiger partial charge on any atom is -0.314 e. The molecule has 0 bridgehead atoms. The number of carbonyl (C=O) groups excluding carboxylic acids is 1. The van der Waals surface area contributed by atoms with Gasteiger partial charge in [-0.1, -0.05) is 12.1 Å². The third kappa shape index (κ3) is 2.69. The summed E-state index contributed by atoms with van der Waals surface area (Å²) in [6.45, 7) is 1.98. The summed E-state index contributed by atoms with van der Waals surface area (Å²) in [4.78, 5) is 14.1. The van der Waals surface area contributed by atoms with Gasteiger partial charge in [0.2, 0.25) is 5.91 Å². The number of aryl methyl sites for hydroxylation is 1. The van der Waals surface area contributed by atoms with Crippen LogP contribution in [0.4, 0.5) is 10.1 Å². The number of rotatable bonds is 4. The van der Waals surface area contributed by atoms with Crippen molar-refractivity contribution in [3.05, 3.63) is 41.7 Å². The lowest BCUT2D eigenvalue weighted by Crippen LogP contribution is -2.38. The Morgan fingerprint density at radius 3 is 2.96 bits per heavy atom. The number of halogens is 1. The fourth-order valence-corrected chi connectivity index (χ4v) is 3.49. The third-order valence-corrected chi connectivity index (χ3v) is 4.79. The van der Waals surface area contributed by atoms with Crippen LogP contribution >= 0.6 is 0 Å². The highest BCUT2D eigenvalue weighted by atomic mass is 19.1. The highest BCUT2D eigenvalue weighted by Gasteiger charge is 2.33. The Hall–Kier alpha value is -2.28. The molecule has 4 rings (SSSR count). The van der Waals surface area contributed by atoms with Crippen molar-refractivity contribution in [1.29, 1.82) is 0 Å². The number of benzene rings is 1. The summed E-state index contributed by atoms with van der Waals surface area (Å²) in [5.41, 5.74) is 0.353. The van der Waals surface area contributed by atoms with E-state index in [-0.39, 0.29) is 17.8 Å². The minimum atomic E-state index is -0.363. The van der Waals surface area contributed by atoms with Crippen LogP contribution in [-0.2, 0) is 24.3 Å². The van der Waals surface area contributed by atoms with Crippen LogP contribution in [0.25, 0.3) is 0 Å². The van der Waals surface area contributed by atoms with Crippen LogP contribution in [0.3, 0.4) is 0 Å². The molecule has 1 fully saturated rings. The molecule has 1 saturated heterocycles. The van der Waals surface area contributed by atoms with Crippen molar-refractivity contribution in [2.24, 2.45) is 0 Å². The standard InChI is InChI=1S/C17H20FN5O/c18-12-5-1-2-6-14(12)22-10-8-13(17(22)24)19-11-16-21-20-15-7-3-4-9-23(15)16/h1-2,5-6,13,19H,3-4,7-11H2/t13-/m1/s1. The van der Waals surface area contributed by atoms with E-state index in [1.807, 2.05) is 0 Å². The first-order chi connectivity index (χ1) is 11.7. The molecule has 1 N–H and O–H groups in total. The summed E-state index contributed by atoms with van der Waals surface area (Å²) < 4.78 is 16.0. The van der Waals surface area contributed by atoms with Gasteiger partial charge in [0.15, 0.2) is 0 Å². The zero-order chi connectivity index (χ0) is 16.5. The molecule has 6 nitrogen and oxygen atoms in total. The van der Waals surface area contributed by atoms with Gasteiger partial charge in [-0.15, -0.1) is 10.2 Å². The van der Waals surface area contributed by atoms with Gasteiger partial charge in [0.05, 0.1) is 18.3 Å². The lowest BCUT2D eigenvalue weighted by molar-refractivity contribution is -0.118. The molecule has 0 spiro atoms. The maximum atomic E-state index is 13.9. The van der Waals surface area contributed by atoms with Gasteiger partial charge >= 0.3 is 0 Å². The molecule has 2 aromatic rings. The molecular formula is C17H20FN5O. The van der Waals surface area contributed by atoms with Crippen LogP contribution in [0.1, 0.15) is 30.9 Å². The van der Waals surface area contributed by atoms with Crippen LogP contribution in [-0.4, -0.2) is 33.3 Å². The average molecular weight is 329 g/mol. The van der Waals surface area contributed by atoms with Gasteiger partial charge in [0.1, 0.15) is 17.5 Å². The van der Waals surface area contributed by atoms with Crippen molar-refractivity contribution in [2.75, 3.05) is 11.4 Å². The highest BCUT2D eigenvalue weighted by Crippen LogP contribution is 2.24. The van der Waals surface area contributed by atoms with E-state index in [2.05, 4.69) is 20.1 Å². The molecule has 24 heavy (non-hydrogen) atoms. The van der Waals surface area contributed by atoms with Crippen LogP contribution in [0.2, 0.25) is 0 Å². The zero-order valence-electron chi connectivity index (χ0n) is 13.4. The van der Waals surface area contributed by atoms with E-state index in [0.29, 0.717) is 25.2 Å². The smallest absolute Gasteiger partial charge is 0.244 e. The first-order valence-electron chi connectivity index (χ1n) is 8.44. The lowest BCUT2D eigenvalue weighted by Gasteiger charge is -2.18. The van der Waals surface area contributed by atoms with Crippen molar-refractivity contribution in [1.82, 2.24) is 20.1 Å². The van der Waals surface area contributed by atoms with Crippen molar-refractivity contribution in [2.45, 2.75) is 44.8 Å². The van der Waals surface area contributed by atoms with E-state index in [0.717, 1.165) is 37.5 Å². The fraction of sp³-hybridized carbons (Fsp3) is 0.471. The monoisotopic (exact) mass is 329 g/mol. The van der Waals surface area contributed by atoms with Gasteiger partial charge in [-0.25, -0.2) is 4.39 Å². The molecule has 126 valence electrons. The van der Waals surface area contributed by atoms with Gasteiger partial charge in [0.25, 0.3) is 0 Å². The number of fused-ring (bicyclic) bond motifs is 1. The maximum absolute atomic E-state index is 13.9. The summed E-state index contributed by atoms with van der Waals surface area (Å²) in [5, 5.41) is 11.7. The van der Waals surface area contributed by atoms with Crippen molar-refractivity contribution in [3.63, 3.8) is 0 Å². The van der Waals surface area contributed by atoms with Gasteiger partial charge in [-0.3, -0.25) is 10.1 Å². The predicted molar refractivity (Wildman–Crippen MR) is 87.0 cm³/mol. The zero-order valence-corrected chi connectivity index (χ0v) is 13.4. The van der Waals surface area contributed by atoms with E-state index in [4.69, 9.17) is 0 Å². The number of anilines is 1. The minimum absolute atomic E-state index is 0.0847. The molecule has 0 aliphatic carbocycles. The number of carbonyl (C=O) groups is 1. The molecule has 0 saturated carbocycles. The lowest BCUT2D eigenvalue weighted by atomic mass is 10.1. The Morgan fingerprint density at radius 1 is 1.21 bits per heavy atom. The number of amides is 1. The molecule has 0 radical (unpaired) electrons. The molecule has 3 heterocycles. The Bertz CT molecular complexity index is 759. The fourth-order valence-electron chi connectivity index (χ4n) is 3.49. The van der Waals surface area contributed by atoms with E-state index >= 15 is 0 Å². The van der Waals surface area contributed by atoms with Crippen molar-refractivity contribution < 1.29 is 9.18 Å². The number of hydrogen-bond donors (Lipinski definition) is 1. The molecule has 1 aromatic heterocycles. The van der Waals surface area contributed by atoms with Crippen LogP contribution < -0.4 is 10.2 Å². The third-order valence-electron chi connectivity index (χ3n) is 4.79.